The van der Waals surface area contributed by atoms with Crippen molar-refractivity contribution in [2.75, 3.05) is 26.7 Å². The molecule has 0 aromatic heterocycles. The molecule has 0 unspecified atom stereocenters. The number of aliphatic carboxylic acids is 1. The largest absolute Gasteiger partial charge is 0.480 e. The summed E-state index contributed by atoms with van der Waals surface area (Å²) in [6.45, 7) is 6.25. The molecule has 2 saturated heterocycles. The molecule has 3 rings (SSSR count). The third kappa shape index (κ3) is 3.05. The summed E-state index contributed by atoms with van der Waals surface area (Å²) >= 11 is 0. The number of aryl methyl sites for hydroxylation is 2. The van der Waals surface area contributed by atoms with Crippen molar-refractivity contribution in [3.63, 3.8) is 0 Å². The molecule has 0 radical (unpaired) electrons. The van der Waals surface area contributed by atoms with Crippen molar-refractivity contribution in [2.24, 2.45) is 5.41 Å². The minimum Gasteiger partial charge on any atom is -0.480 e. The fourth-order valence-electron chi connectivity index (χ4n) is 4.32. The smallest absolute Gasteiger partial charge is 0.320 e. The zero-order chi connectivity index (χ0) is 17.5. The van der Waals surface area contributed by atoms with E-state index >= 15 is 0 Å². The Bertz CT molecular complexity index is 663. The molecule has 24 heavy (non-hydrogen) atoms. The van der Waals surface area contributed by atoms with Gasteiger partial charge in [0.2, 0.25) is 0 Å². The first-order valence-corrected chi connectivity index (χ1v) is 8.61. The number of likely N-dealkylation sites (tertiary alicyclic amines) is 2. The number of piperidine rings is 1. The van der Waals surface area contributed by atoms with Crippen molar-refractivity contribution in [2.45, 2.75) is 39.2 Å². The van der Waals surface area contributed by atoms with Crippen LogP contribution in [0.5, 0.6) is 0 Å². The Kier molecular flexibility index (Phi) is 4.38. The Labute approximate surface area is 143 Å². The van der Waals surface area contributed by atoms with Crippen LogP contribution in [0.25, 0.3) is 0 Å². The van der Waals surface area contributed by atoms with Crippen LogP contribution in [0.2, 0.25) is 0 Å². The van der Waals surface area contributed by atoms with Gasteiger partial charge in [-0.15, -0.1) is 0 Å². The summed E-state index contributed by atoms with van der Waals surface area (Å²) in [4.78, 5) is 28.0. The predicted molar refractivity (Wildman–Crippen MR) is 92.2 cm³/mol. The van der Waals surface area contributed by atoms with Gasteiger partial charge in [0.05, 0.1) is 0 Å². The summed E-state index contributed by atoms with van der Waals surface area (Å²) in [5, 5.41) is 9.33. The van der Waals surface area contributed by atoms with E-state index in [0.717, 1.165) is 36.1 Å². The molecule has 1 spiro atoms. The van der Waals surface area contributed by atoms with Crippen LogP contribution in [0.4, 0.5) is 0 Å². The summed E-state index contributed by atoms with van der Waals surface area (Å²) < 4.78 is 0. The first kappa shape index (κ1) is 17.0. The minimum atomic E-state index is -0.733. The van der Waals surface area contributed by atoms with Crippen molar-refractivity contribution in [1.29, 1.82) is 0 Å². The second-order valence-corrected chi connectivity index (χ2v) is 7.58. The lowest BCUT2D eigenvalue weighted by atomic mass is 9.76. The van der Waals surface area contributed by atoms with E-state index in [2.05, 4.69) is 0 Å². The summed E-state index contributed by atoms with van der Waals surface area (Å²) in [5.74, 6) is -0.633. The Balaban J connectivity index is 1.67. The van der Waals surface area contributed by atoms with Gasteiger partial charge in [-0.1, -0.05) is 17.7 Å². The maximum atomic E-state index is 12.8. The van der Waals surface area contributed by atoms with Crippen LogP contribution in [0, 0.1) is 19.3 Å². The number of carboxylic acids is 1. The van der Waals surface area contributed by atoms with E-state index in [-0.39, 0.29) is 17.4 Å². The lowest BCUT2D eigenvalue weighted by Gasteiger charge is -2.39. The average molecular weight is 330 g/mol. The Morgan fingerprint density at radius 2 is 1.88 bits per heavy atom. The number of amides is 1. The molecule has 5 heteroatoms. The lowest BCUT2D eigenvalue weighted by Crippen LogP contribution is -2.44. The van der Waals surface area contributed by atoms with Crippen LogP contribution in [-0.2, 0) is 4.79 Å². The van der Waals surface area contributed by atoms with E-state index in [0.29, 0.717) is 19.5 Å². The van der Waals surface area contributed by atoms with Crippen LogP contribution >= 0.6 is 0 Å². The SMILES string of the molecule is Cc1ccc(C(=O)N2CCC3(CC2)C[C@H](C(=O)O)N(C)C3)c(C)c1. The van der Waals surface area contributed by atoms with Gasteiger partial charge in [0.1, 0.15) is 6.04 Å². The van der Waals surface area contributed by atoms with E-state index < -0.39 is 5.97 Å². The van der Waals surface area contributed by atoms with Crippen molar-refractivity contribution in [1.82, 2.24) is 9.80 Å². The number of carbonyl (C=O) groups excluding carboxylic acids is 1. The van der Waals surface area contributed by atoms with Crippen molar-refractivity contribution in [3.8, 4) is 0 Å². The normalized spacial score (nSPS) is 23.6. The molecular weight excluding hydrogens is 304 g/mol. The quantitative estimate of drug-likeness (QED) is 0.904. The summed E-state index contributed by atoms with van der Waals surface area (Å²) in [6.07, 6.45) is 2.47. The van der Waals surface area contributed by atoms with Gasteiger partial charge in [0.25, 0.3) is 5.91 Å². The highest BCUT2D eigenvalue weighted by atomic mass is 16.4. The van der Waals surface area contributed by atoms with Crippen LogP contribution in [0.3, 0.4) is 0 Å². The van der Waals surface area contributed by atoms with Gasteiger partial charge in [0.15, 0.2) is 0 Å². The molecule has 1 N–H and O–H groups in total. The standard InChI is InChI=1S/C19H26N2O3/c1-13-4-5-15(14(2)10-13)17(22)21-8-6-19(7-9-21)11-16(18(23)24)20(3)12-19/h4-5,10,16H,6-9,11-12H2,1-3H3,(H,23,24)/t16-/m1/s1. The number of nitrogens with zero attached hydrogens (tertiary/aromatic N) is 2. The minimum absolute atomic E-state index is 0.0525. The van der Waals surface area contributed by atoms with Gasteiger partial charge in [0, 0.05) is 25.2 Å². The number of carbonyl (C=O) groups is 2. The number of hydrogen-bond acceptors (Lipinski definition) is 3. The molecule has 2 aliphatic rings. The topological polar surface area (TPSA) is 60.9 Å². The third-order valence-corrected chi connectivity index (χ3v) is 5.75. The third-order valence-electron chi connectivity index (χ3n) is 5.75. The Morgan fingerprint density at radius 3 is 2.42 bits per heavy atom. The second kappa shape index (κ2) is 6.20. The molecule has 5 nitrogen and oxygen atoms in total. The molecule has 1 aromatic rings. The number of carboxylic acid groups (broad SMARTS) is 1. The molecule has 130 valence electrons. The van der Waals surface area contributed by atoms with Gasteiger partial charge >= 0.3 is 5.97 Å². The molecule has 2 fully saturated rings. The molecule has 0 bridgehead atoms. The first-order chi connectivity index (χ1) is 11.3. The fraction of sp³-hybridized carbons (Fsp3) is 0.579. The zero-order valence-corrected chi connectivity index (χ0v) is 14.7. The van der Waals surface area contributed by atoms with E-state index in [9.17, 15) is 14.7 Å². The predicted octanol–water partition coefficient (Wildman–Crippen LogP) is 2.31. The lowest BCUT2D eigenvalue weighted by molar-refractivity contribution is -0.141. The molecule has 1 atom stereocenters. The Hall–Kier alpha value is -1.88. The van der Waals surface area contributed by atoms with Gasteiger partial charge in [-0.25, -0.2) is 0 Å². The molecule has 1 aromatic carbocycles. The zero-order valence-electron chi connectivity index (χ0n) is 14.7. The van der Waals surface area contributed by atoms with E-state index in [1.54, 1.807) is 0 Å². The number of rotatable bonds is 2. The highest BCUT2D eigenvalue weighted by Gasteiger charge is 2.47. The second-order valence-electron chi connectivity index (χ2n) is 7.58. The molecule has 2 aliphatic heterocycles. The number of benzene rings is 1. The maximum Gasteiger partial charge on any atom is 0.320 e. The van der Waals surface area contributed by atoms with Gasteiger partial charge < -0.3 is 10.0 Å². The maximum absolute atomic E-state index is 12.8. The number of hydrogen-bond donors (Lipinski definition) is 1. The molecule has 0 aliphatic carbocycles. The number of likely N-dealkylation sites (N-methyl/N-ethyl adjacent to an activating group) is 1. The van der Waals surface area contributed by atoms with Crippen LogP contribution in [0.1, 0.15) is 40.7 Å². The van der Waals surface area contributed by atoms with E-state index in [1.807, 2.05) is 48.9 Å². The monoisotopic (exact) mass is 330 g/mol. The summed E-state index contributed by atoms with van der Waals surface area (Å²) in [7, 11) is 1.89. The molecular formula is C19H26N2O3. The highest BCUT2D eigenvalue weighted by molar-refractivity contribution is 5.95. The average Bonchev–Trinajstić information content (AvgIpc) is 2.84. The Morgan fingerprint density at radius 1 is 1.21 bits per heavy atom. The van der Waals surface area contributed by atoms with Crippen molar-refractivity contribution >= 4 is 11.9 Å². The molecule has 1 amide bonds. The van der Waals surface area contributed by atoms with Gasteiger partial charge in [-0.05, 0) is 57.2 Å². The highest BCUT2D eigenvalue weighted by Crippen LogP contribution is 2.43. The van der Waals surface area contributed by atoms with Crippen molar-refractivity contribution in [3.05, 3.63) is 34.9 Å². The van der Waals surface area contributed by atoms with Crippen molar-refractivity contribution < 1.29 is 14.7 Å². The first-order valence-electron chi connectivity index (χ1n) is 8.61. The van der Waals surface area contributed by atoms with Crippen LogP contribution < -0.4 is 0 Å². The summed E-state index contributed by atoms with van der Waals surface area (Å²) in [6, 6.07) is 5.56. The van der Waals surface area contributed by atoms with Crippen LogP contribution in [-0.4, -0.2) is 59.5 Å². The van der Waals surface area contributed by atoms with Gasteiger partial charge in [-0.2, -0.15) is 0 Å². The van der Waals surface area contributed by atoms with E-state index in [1.165, 1.54) is 0 Å². The summed E-state index contributed by atoms with van der Waals surface area (Å²) in [5.41, 5.74) is 3.02. The molecule has 0 saturated carbocycles. The fourth-order valence-corrected chi connectivity index (χ4v) is 4.32. The van der Waals surface area contributed by atoms with E-state index in [4.69, 9.17) is 0 Å². The molecule has 2 heterocycles. The van der Waals surface area contributed by atoms with Gasteiger partial charge in [-0.3, -0.25) is 14.5 Å². The van der Waals surface area contributed by atoms with Crippen LogP contribution in [0.15, 0.2) is 18.2 Å².